The zero-order valence-corrected chi connectivity index (χ0v) is 11.9. The number of carbonyl (C=O) groups is 1. The highest BCUT2D eigenvalue weighted by Gasteiger charge is 2.15. The van der Waals surface area contributed by atoms with Crippen LogP contribution >= 0.6 is 0 Å². The summed E-state index contributed by atoms with van der Waals surface area (Å²) in [6.45, 7) is 5.41. The van der Waals surface area contributed by atoms with Crippen molar-refractivity contribution in [1.82, 2.24) is 15.5 Å². The summed E-state index contributed by atoms with van der Waals surface area (Å²) in [5, 5.41) is 6.01. The minimum atomic E-state index is -0.101. The van der Waals surface area contributed by atoms with Crippen LogP contribution in [0, 0.1) is 0 Å². The van der Waals surface area contributed by atoms with E-state index in [1.165, 1.54) is 12.8 Å². The Kier molecular flexibility index (Phi) is 5.46. The molecule has 0 aliphatic carbocycles. The number of nitrogens with zero attached hydrogens (tertiary/aromatic N) is 2. The van der Waals surface area contributed by atoms with Crippen molar-refractivity contribution >= 4 is 11.9 Å². The van der Waals surface area contributed by atoms with Gasteiger partial charge in [0.25, 0.3) is 0 Å². The Bertz CT molecular complexity index is 436. The number of aliphatic imine (C=N–C) groups is 1. The van der Waals surface area contributed by atoms with Crippen LogP contribution in [-0.4, -0.2) is 42.9 Å². The molecule has 1 saturated heterocycles. The first kappa shape index (κ1) is 14.4. The Morgan fingerprint density at radius 1 is 1.40 bits per heavy atom. The largest absolute Gasteiger partial charge is 0.467 e. The third-order valence-corrected chi connectivity index (χ3v) is 3.15. The zero-order chi connectivity index (χ0) is 14.2. The molecule has 2 N–H and O–H groups in total. The predicted octanol–water partition coefficient (Wildman–Crippen LogP) is 0.957. The van der Waals surface area contributed by atoms with Gasteiger partial charge in [0.05, 0.1) is 12.8 Å². The number of furan rings is 1. The first-order valence-corrected chi connectivity index (χ1v) is 7.12. The van der Waals surface area contributed by atoms with E-state index in [-0.39, 0.29) is 12.5 Å². The van der Waals surface area contributed by atoms with Crippen LogP contribution in [0.25, 0.3) is 0 Å². The van der Waals surface area contributed by atoms with Gasteiger partial charge in [-0.25, -0.2) is 4.99 Å². The van der Waals surface area contributed by atoms with Gasteiger partial charge in [0, 0.05) is 19.6 Å². The molecule has 2 heterocycles. The standard InChI is InChI=1S/C14H22N4O2/c1-2-15-14(18-7-3-4-8-18)17-11-13(19)16-10-12-6-5-9-20-12/h5-6,9H,2-4,7-8,10-11H2,1H3,(H,15,17)(H,16,19). The summed E-state index contributed by atoms with van der Waals surface area (Å²) < 4.78 is 5.16. The van der Waals surface area contributed by atoms with Crippen molar-refractivity contribution in [2.75, 3.05) is 26.2 Å². The molecule has 0 spiro atoms. The average Bonchev–Trinajstić information content (AvgIpc) is 3.13. The van der Waals surface area contributed by atoms with Crippen LogP contribution < -0.4 is 10.6 Å². The van der Waals surface area contributed by atoms with Gasteiger partial charge in [-0.1, -0.05) is 0 Å². The van der Waals surface area contributed by atoms with Gasteiger partial charge >= 0.3 is 0 Å². The Hall–Kier alpha value is -1.98. The van der Waals surface area contributed by atoms with Crippen molar-refractivity contribution in [2.45, 2.75) is 26.3 Å². The van der Waals surface area contributed by atoms with E-state index in [1.54, 1.807) is 12.3 Å². The van der Waals surface area contributed by atoms with Gasteiger partial charge in [-0.3, -0.25) is 4.79 Å². The summed E-state index contributed by atoms with van der Waals surface area (Å²) >= 11 is 0. The monoisotopic (exact) mass is 278 g/mol. The van der Waals surface area contributed by atoms with Crippen LogP contribution in [0.3, 0.4) is 0 Å². The molecule has 1 aliphatic heterocycles. The van der Waals surface area contributed by atoms with Crippen LogP contribution in [0.5, 0.6) is 0 Å². The average molecular weight is 278 g/mol. The number of guanidine groups is 1. The molecule has 110 valence electrons. The molecule has 1 amide bonds. The smallest absolute Gasteiger partial charge is 0.242 e. The lowest BCUT2D eigenvalue weighted by Gasteiger charge is -2.20. The van der Waals surface area contributed by atoms with Crippen molar-refractivity contribution < 1.29 is 9.21 Å². The molecule has 0 atom stereocenters. The van der Waals surface area contributed by atoms with Gasteiger partial charge in [-0.2, -0.15) is 0 Å². The maximum atomic E-state index is 11.8. The topological polar surface area (TPSA) is 69.9 Å². The summed E-state index contributed by atoms with van der Waals surface area (Å²) in [6, 6.07) is 3.63. The molecule has 2 rings (SSSR count). The molecule has 1 aromatic heterocycles. The highest BCUT2D eigenvalue weighted by molar-refractivity contribution is 5.85. The minimum absolute atomic E-state index is 0.101. The fraction of sp³-hybridized carbons (Fsp3) is 0.571. The van der Waals surface area contributed by atoms with Crippen LogP contribution in [0.4, 0.5) is 0 Å². The lowest BCUT2D eigenvalue weighted by Crippen LogP contribution is -2.40. The number of carbonyl (C=O) groups excluding carboxylic acids is 1. The first-order valence-electron chi connectivity index (χ1n) is 7.12. The molecule has 0 bridgehead atoms. The van der Waals surface area contributed by atoms with E-state index >= 15 is 0 Å². The number of likely N-dealkylation sites (tertiary alicyclic amines) is 1. The number of nitrogens with one attached hydrogen (secondary N) is 2. The van der Waals surface area contributed by atoms with Gasteiger partial charge < -0.3 is 20.0 Å². The van der Waals surface area contributed by atoms with Crippen LogP contribution in [-0.2, 0) is 11.3 Å². The summed E-state index contributed by atoms with van der Waals surface area (Å²) in [7, 11) is 0. The highest BCUT2D eigenvalue weighted by atomic mass is 16.3. The van der Waals surface area contributed by atoms with Crippen LogP contribution in [0.2, 0.25) is 0 Å². The van der Waals surface area contributed by atoms with E-state index < -0.39 is 0 Å². The Balaban J connectivity index is 1.80. The molecule has 1 aliphatic rings. The van der Waals surface area contributed by atoms with Crippen LogP contribution in [0.1, 0.15) is 25.5 Å². The second kappa shape index (κ2) is 7.57. The molecule has 0 unspecified atom stereocenters. The van der Waals surface area contributed by atoms with Crippen molar-refractivity contribution in [1.29, 1.82) is 0 Å². The fourth-order valence-electron chi connectivity index (χ4n) is 2.16. The van der Waals surface area contributed by atoms with Gasteiger partial charge in [0.2, 0.25) is 5.91 Å². The number of rotatable bonds is 5. The predicted molar refractivity (Wildman–Crippen MR) is 77.3 cm³/mol. The minimum Gasteiger partial charge on any atom is -0.467 e. The molecular formula is C14H22N4O2. The van der Waals surface area contributed by atoms with Crippen molar-refractivity contribution in [3.8, 4) is 0 Å². The van der Waals surface area contributed by atoms with Gasteiger partial charge in [0.1, 0.15) is 12.3 Å². The summed E-state index contributed by atoms with van der Waals surface area (Å²) in [5.74, 6) is 1.47. The highest BCUT2D eigenvalue weighted by Crippen LogP contribution is 2.07. The second-order valence-corrected chi connectivity index (χ2v) is 4.72. The maximum Gasteiger partial charge on any atom is 0.242 e. The molecule has 0 radical (unpaired) electrons. The van der Waals surface area contributed by atoms with Gasteiger partial charge in [0.15, 0.2) is 5.96 Å². The molecule has 6 heteroatoms. The second-order valence-electron chi connectivity index (χ2n) is 4.72. The molecular weight excluding hydrogens is 256 g/mol. The van der Waals surface area contributed by atoms with Crippen LogP contribution in [0.15, 0.2) is 27.8 Å². The lowest BCUT2D eigenvalue weighted by molar-refractivity contribution is -0.119. The molecule has 0 saturated carbocycles. The summed E-state index contributed by atoms with van der Waals surface area (Å²) in [4.78, 5) is 18.3. The first-order chi connectivity index (χ1) is 9.79. The quantitative estimate of drug-likeness (QED) is 0.621. The zero-order valence-electron chi connectivity index (χ0n) is 11.9. The van der Waals surface area contributed by atoms with Crippen molar-refractivity contribution in [2.24, 2.45) is 4.99 Å². The number of hydrogen-bond acceptors (Lipinski definition) is 3. The normalized spacial score (nSPS) is 15.4. The maximum absolute atomic E-state index is 11.8. The van der Waals surface area contributed by atoms with E-state index in [4.69, 9.17) is 4.42 Å². The molecule has 1 aromatic rings. The molecule has 20 heavy (non-hydrogen) atoms. The molecule has 1 fully saturated rings. The third-order valence-electron chi connectivity index (χ3n) is 3.15. The molecule has 0 aromatic carbocycles. The Labute approximate surface area is 119 Å². The number of amides is 1. The van der Waals surface area contributed by atoms with Gasteiger partial charge in [-0.15, -0.1) is 0 Å². The Morgan fingerprint density at radius 2 is 2.20 bits per heavy atom. The Morgan fingerprint density at radius 3 is 2.85 bits per heavy atom. The summed E-state index contributed by atoms with van der Waals surface area (Å²) in [5.41, 5.74) is 0. The van der Waals surface area contributed by atoms with Gasteiger partial charge in [-0.05, 0) is 31.9 Å². The SMILES string of the molecule is CCNC(=NCC(=O)NCc1ccco1)N1CCCC1. The van der Waals surface area contributed by atoms with Crippen molar-refractivity contribution in [3.63, 3.8) is 0 Å². The van der Waals surface area contributed by atoms with E-state index in [2.05, 4.69) is 20.5 Å². The fourth-order valence-corrected chi connectivity index (χ4v) is 2.16. The third kappa shape index (κ3) is 4.29. The van der Waals surface area contributed by atoms with E-state index in [1.807, 2.05) is 13.0 Å². The number of hydrogen-bond donors (Lipinski definition) is 2. The summed E-state index contributed by atoms with van der Waals surface area (Å²) in [6.07, 6.45) is 3.97. The van der Waals surface area contributed by atoms with E-state index in [0.29, 0.717) is 6.54 Å². The van der Waals surface area contributed by atoms with E-state index in [9.17, 15) is 4.79 Å². The molecule has 6 nitrogen and oxygen atoms in total. The van der Waals surface area contributed by atoms with E-state index in [0.717, 1.165) is 31.4 Å². The lowest BCUT2D eigenvalue weighted by atomic mass is 10.4. The van der Waals surface area contributed by atoms with Crippen molar-refractivity contribution in [3.05, 3.63) is 24.2 Å².